The second-order valence-electron chi connectivity index (χ2n) is 5.39. The molecule has 0 radical (unpaired) electrons. The van der Waals surface area contributed by atoms with Gasteiger partial charge in [0.1, 0.15) is 0 Å². The third-order valence-electron chi connectivity index (χ3n) is 3.61. The quantitative estimate of drug-likeness (QED) is 0.840. The van der Waals surface area contributed by atoms with Gasteiger partial charge < -0.3 is 5.32 Å². The van der Waals surface area contributed by atoms with Crippen LogP contribution in [0.2, 0.25) is 0 Å². The second-order valence-corrected chi connectivity index (χ2v) is 5.39. The molecule has 1 aromatic heterocycles. The van der Waals surface area contributed by atoms with Gasteiger partial charge in [0.25, 0.3) is 0 Å². The molecular formula is C14H22N2. The zero-order chi connectivity index (χ0) is 11.4. The topological polar surface area (TPSA) is 24.9 Å². The monoisotopic (exact) mass is 218 g/mol. The fraction of sp³-hybridized carbons (Fsp3) is 0.643. The van der Waals surface area contributed by atoms with Crippen molar-refractivity contribution < 1.29 is 0 Å². The molecule has 0 spiro atoms. The van der Waals surface area contributed by atoms with Gasteiger partial charge in [-0.2, -0.15) is 0 Å². The molecule has 1 aromatic rings. The number of hydrogen-bond acceptors (Lipinski definition) is 2. The maximum Gasteiger partial charge on any atom is 0.0544 e. The van der Waals surface area contributed by atoms with Crippen LogP contribution in [-0.2, 0) is 6.54 Å². The van der Waals surface area contributed by atoms with Gasteiger partial charge in [0.05, 0.1) is 5.69 Å². The zero-order valence-corrected chi connectivity index (χ0v) is 10.4. The van der Waals surface area contributed by atoms with Crippen molar-refractivity contribution in [3.8, 4) is 0 Å². The van der Waals surface area contributed by atoms with Crippen molar-refractivity contribution in [3.63, 3.8) is 0 Å². The molecule has 1 N–H and O–H groups in total. The number of rotatable bonds is 4. The highest BCUT2D eigenvalue weighted by Gasteiger charge is 2.27. The molecule has 0 aromatic carbocycles. The van der Waals surface area contributed by atoms with Crippen LogP contribution in [0.3, 0.4) is 0 Å². The lowest BCUT2D eigenvalue weighted by molar-refractivity contribution is 0.314. The number of aromatic nitrogens is 1. The van der Waals surface area contributed by atoms with E-state index in [0.29, 0.717) is 5.41 Å². The van der Waals surface area contributed by atoms with E-state index in [1.165, 1.54) is 25.7 Å². The van der Waals surface area contributed by atoms with Crippen molar-refractivity contribution in [1.82, 2.24) is 10.3 Å². The smallest absolute Gasteiger partial charge is 0.0544 e. The Bertz CT molecular complexity index is 340. The molecular weight excluding hydrogens is 196 g/mol. The fourth-order valence-electron chi connectivity index (χ4n) is 2.60. The predicted molar refractivity (Wildman–Crippen MR) is 67.3 cm³/mol. The van der Waals surface area contributed by atoms with Crippen molar-refractivity contribution >= 4 is 0 Å². The van der Waals surface area contributed by atoms with E-state index >= 15 is 0 Å². The zero-order valence-electron chi connectivity index (χ0n) is 10.4. The Labute approximate surface area is 98.5 Å². The van der Waals surface area contributed by atoms with Gasteiger partial charge in [0, 0.05) is 18.8 Å². The van der Waals surface area contributed by atoms with Crippen molar-refractivity contribution in [3.05, 3.63) is 29.6 Å². The van der Waals surface area contributed by atoms with Crippen molar-refractivity contribution in [2.45, 2.75) is 46.1 Å². The normalized spacial score (nSPS) is 18.9. The van der Waals surface area contributed by atoms with Crippen LogP contribution < -0.4 is 5.32 Å². The van der Waals surface area contributed by atoms with Crippen LogP contribution >= 0.6 is 0 Å². The van der Waals surface area contributed by atoms with Gasteiger partial charge in [-0.1, -0.05) is 25.8 Å². The lowest BCUT2D eigenvalue weighted by Crippen LogP contribution is -2.29. The maximum absolute atomic E-state index is 4.50. The number of hydrogen-bond donors (Lipinski definition) is 1. The van der Waals surface area contributed by atoms with E-state index in [1.807, 2.05) is 13.0 Å². The summed E-state index contributed by atoms with van der Waals surface area (Å²) in [5.41, 5.74) is 2.79. The third-order valence-corrected chi connectivity index (χ3v) is 3.61. The fourth-order valence-corrected chi connectivity index (χ4v) is 2.60. The van der Waals surface area contributed by atoms with Crippen LogP contribution in [0.15, 0.2) is 18.2 Å². The summed E-state index contributed by atoms with van der Waals surface area (Å²) in [6.07, 6.45) is 5.56. The van der Waals surface area contributed by atoms with Gasteiger partial charge in [0.2, 0.25) is 0 Å². The minimum atomic E-state index is 0.532. The average molecular weight is 218 g/mol. The largest absolute Gasteiger partial charge is 0.311 e. The highest BCUT2D eigenvalue weighted by molar-refractivity contribution is 5.09. The lowest BCUT2D eigenvalue weighted by Gasteiger charge is -2.23. The van der Waals surface area contributed by atoms with Crippen LogP contribution in [0.25, 0.3) is 0 Å². The van der Waals surface area contributed by atoms with E-state index in [-0.39, 0.29) is 0 Å². The maximum atomic E-state index is 4.50. The molecule has 1 heterocycles. The van der Waals surface area contributed by atoms with E-state index in [1.54, 1.807) is 0 Å². The summed E-state index contributed by atoms with van der Waals surface area (Å²) in [6.45, 7) is 6.47. The standard InChI is InChI=1S/C14H22N2/c1-12-6-5-7-13(16-12)10-15-11-14(2)8-3-4-9-14/h5-7,15H,3-4,8-11H2,1-2H3. The van der Waals surface area contributed by atoms with Gasteiger partial charge in [-0.25, -0.2) is 0 Å². The first-order chi connectivity index (χ1) is 7.68. The Balaban J connectivity index is 1.79. The molecule has 0 unspecified atom stereocenters. The van der Waals surface area contributed by atoms with Crippen molar-refractivity contribution in [2.75, 3.05) is 6.54 Å². The lowest BCUT2D eigenvalue weighted by atomic mass is 9.89. The summed E-state index contributed by atoms with van der Waals surface area (Å²) in [7, 11) is 0. The Hall–Kier alpha value is -0.890. The van der Waals surface area contributed by atoms with Gasteiger partial charge in [-0.05, 0) is 37.3 Å². The Morgan fingerprint density at radius 1 is 1.31 bits per heavy atom. The molecule has 1 aliphatic rings. The minimum absolute atomic E-state index is 0.532. The molecule has 1 saturated carbocycles. The van der Waals surface area contributed by atoms with Crippen LogP contribution in [-0.4, -0.2) is 11.5 Å². The third kappa shape index (κ3) is 3.05. The molecule has 1 aliphatic carbocycles. The van der Waals surface area contributed by atoms with E-state index in [9.17, 15) is 0 Å². The van der Waals surface area contributed by atoms with Gasteiger partial charge in [-0.3, -0.25) is 4.98 Å². The minimum Gasteiger partial charge on any atom is -0.311 e. The van der Waals surface area contributed by atoms with E-state index < -0.39 is 0 Å². The molecule has 88 valence electrons. The SMILES string of the molecule is Cc1cccc(CNCC2(C)CCCC2)n1. The number of nitrogens with zero attached hydrogens (tertiary/aromatic N) is 1. The summed E-state index contributed by atoms with van der Waals surface area (Å²) in [6, 6.07) is 6.22. The van der Waals surface area contributed by atoms with Crippen LogP contribution in [0.5, 0.6) is 0 Å². The first-order valence-electron chi connectivity index (χ1n) is 6.31. The Morgan fingerprint density at radius 2 is 2.06 bits per heavy atom. The molecule has 0 aliphatic heterocycles. The average Bonchev–Trinajstić information content (AvgIpc) is 2.65. The van der Waals surface area contributed by atoms with Crippen LogP contribution in [0.1, 0.15) is 44.0 Å². The number of nitrogens with one attached hydrogen (secondary N) is 1. The van der Waals surface area contributed by atoms with E-state index in [0.717, 1.165) is 24.5 Å². The van der Waals surface area contributed by atoms with Crippen LogP contribution in [0, 0.1) is 12.3 Å². The molecule has 16 heavy (non-hydrogen) atoms. The van der Waals surface area contributed by atoms with Gasteiger partial charge in [-0.15, -0.1) is 0 Å². The summed E-state index contributed by atoms with van der Waals surface area (Å²) in [5, 5.41) is 3.55. The summed E-state index contributed by atoms with van der Waals surface area (Å²) < 4.78 is 0. The van der Waals surface area contributed by atoms with Gasteiger partial charge in [0.15, 0.2) is 0 Å². The van der Waals surface area contributed by atoms with Crippen molar-refractivity contribution in [2.24, 2.45) is 5.41 Å². The molecule has 2 heteroatoms. The Morgan fingerprint density at radius 3 is 2.75 bits per heavy atom. The highest BCUT2D eigenvalue weighted by atomic mass is 14.9. The van der Waals surface area contributed by atoms with Crippen molar-refractivity contribution in [1.29, 1.82) is 0 Å². The first kappa shape index (κ1) is 11.6. The molecule has 0 amide bonds. The second kappa shape index (κ2) is 4.96. The van der Waals surface area contributed by atoms with Crippen LogP contribution in [0.4, 0.5) is 0 Å². The molecule has 0 saturated heterocycles. The predicted octanol–water partition coefficient (Wildman–Crippen LogP) is 3.06. The highest BCUT2D eigenvalue weighted by Crippen LogP contribution is 2.36. The van der Waals surface area contributed by atoms with E-state index in [2.05, 4.69) is 29.4 Å². The summed E-state index contributed by atoms with van der Waals surface area (Å²) >= 11 is 0. The molecule has 0 bridgehead atoms. The first-order valence-corrected chi connectivity index (χ1v) is 6.31. The molecule has 2 nitrogen and oxygen atoms in total. The molecule has 1 fully saturated rings. The number of aryl methyl sites for hydroxylation is 1. The van der Waals surface area contributed by atoms with Gasteiger partial charge >= 0.3 is 0 Å². The van der Waals surface area contributed by atoms with E-state index in [4.69, 9.17) is 0 Å². The molecule has 2 rings (SSSR count). The summed E-state index contributed by atoms with van der Waals surface area (Å²) in [5.74, 6) is 0. The molecule has 0 atom stereocenters. The Kier molecular flexibility index (Phi) is 3.59. The number of pyridine rings is 1. The summed E-state index contributed by atoms with van der Waals surface area (Å²) in [4.78, 5) is 4.50.